The third-order valence-electron chi connectivity index (χ3n) is 5.41. The molecular formula is C21H19BClNO5. The summed E-state index contributed by atoms with van der Waals surface area (Å²) >= 11 is 6.26. The van der Waals surface area contributed by atoms with Gasteiger partial charge in [0.05, 0.1) is 11.1 Å². The minimum absolute atomic E-state index is 0.0390. The Morgan fingerprint density at radius 2 is 1.97 bits per heavy atom. The standard InChI is InChI=1S/C21H19BClNO5/c1-24-5-4-11(17(28)9-24)19-14(25)7-15(26)20-16(27)8-18(29-21(19)20)12-6-10(22)2-3-13(12)23/h2-3,6-8,11,17,25-26,28H,4-5,9H2,1H3/t11-,17+/m0/s1. The summed E-state index contributed by atoms with van der Waals surface area (Å²) in [6.45, 7) is 1.12. The van der Waals surface area contributed by atoms with Crippen molar-refractivity contribution in [1.29, 1.82) is 0 Å². The normalized spacial score (nSPS) is 20.2. The molecule has 3 aromatic rings. The molecule has 1 saturated heterocycles. The predicted octanol–water partition coefficient (Wildman–Crippen LogP) is 2.10. The molecule has 0 bridgehead atoms. The predicted molar refractivity (Wildman–Crippen MR) is 113 cm³/mol. The lowest BCUT2D eigenvalue weighted by molar-refractivity contribution is 0.0631. The molecule has 2 heterocycles. The Morgan fingerprint density at radius 3 is 2.69 bits per heavy atom. The van der Waals surface area contributed by atoms with E-state index in [0.717, 1.165) is 6.07 Å². The van der Waals surface area contributed by atoms with Crippen LogP contribution in [0.15, 0.2) is 39.5 Å². The SMILES string of the molecule is [B]c1ccc(Cl)c(-c2cc(=O)c3c(O)cc(O)c([C@H]4CCN(C)C[C@H]4O)c3o2)c1. The van der Waals surface area contributed by atoms with Gasteiger partial charge in [0.25, 0.3) is 0 Å². The number of phenolic OH excluding ortho intramolecular Hbond substituents is 2. The van der Waals surface area contributed by atoms with Gasteiger partial charge in [-0.2, -0.15) is 0 Å². The molecule has 1 aliphatic rings. The second-order valence-corrected chi connectivity index (χ2v) is 7.88. The summed E-state index contributed by atoms with van der Waals surface area (Å²) in [7, 11) is 7.74. The van der Waals surface area contributed by atoms with Crippen LogP contribution in [0.4, 0.5) is 0 Å². The van der Waals surface area contributed by atoms with Crippen LogP contribution in [-0.4, -0.2) is 54.3 Å². The van der Waals surface area contributed by atoms with E-state index in [1.807, 2.05) is 11.9 Å². The highest BCUT2D eigenvalue weighted by atomic mass is 35.5. The first-order valence-corrected chi connectivity index (χ1v) is 9.58. The van der Waals surface area contributed by atoms with Gasteiger partial charge >= 0.3 is 0 Å². The van der Waals surface area contributed by atoms with Gasteiger partial charge in [-0.05, 0) is 26.1 Å². The monoisotopic (exact) mass is 411 g/mol. The van der Waals surface area contributed by atoms with E-state index in [-0.39, 0.29) is 28.2 Å². The average Bonchev–Trinajstić information content (AvgIpc) is 2.64. The van der Waals surface area contributed by atoms with E-state index in [1.54, 1.807) is 18.2 Å². The molecule has 0 unspecified atom stereocenters. The molecule has 4 rings (SSSR count). The molecule has 0 aliphatic carbocycles. The lowest BCUT2D eigenvalue weighted by Crippen LogP contribution is -2.40. The van der Waals surface area contributed by atoms with E-state index in [4.69, 9.17) is 23.9 Å². The zero-order valence-corrected chi connectivity index (χ0v) is 16.5. The van der Waals surface area contributed by atoms with Gasteiger partial charge in [-0.1, -0.05) is 29.2 Å². The molecule has 1 aliphatic heterocycles. The van der Waals surface area contributed by atoms with E-state index in [0.29, 0.717) is 41.1 Å². The number of likely N-dealkylation sites (N-methyl/N-ethyl adjacent to an activating group) is 1. The number of piperidine rings is 1. The van der Waals surface area contributed by atoms with Crippen molar-refractivity contribution < 1.29 is 19.7 Å². The number of halogens is 1. The molecule has 0 saturated carbocycles. The van der Waals surface area contributed by atoms with Crippen LogP contribution in [0, 0.1) is 0 Å². The van der Waals surface area contributed by atoms with Gasteiger partial charge in [-0.25, -0.2) is 0 Å². The van der Waals surface area contributed by atoms with E-state index in [2.05, 4.69) is 0 Å². The highest BCUT2D eigenvalue weighted by Gasteiger charge is 2.33. The maximum absolute atomic E-state index is 12.8. The second kappa shape index (κ2) is 7.41. The maximum atomic E-state index is 12.8. The van der Waals surface area contributed by atoms with Gasteiger partial charge in [0.2, 0.25) is 0 Å². The Morgan fingerprint density at radius 1 is 1.21 bits per heavy atom. The molecule has 1 fully saturated rings. The van der Waals surface area contributed by atoms with Crippen molar-refractivity contribution in [3.63, 3.8) is 0 Å². The molecule has 6 nitrogen and oxygen atoms in total. The first-order chi connectivity index (χ1) is 13.8. The third kappa shape index (κ3) is 3.50. The molecule has 3 N–H and O–H groups in total. The zero-order valence-electron chi connectivity index (χ0n) is 15.7. The van der Waals surface area contributed by atoms with Crippen LogP contribution in [0.2, 0.25) is 5.02 Å². The largest absolute Gasteiger partial charge is 0.507 e. The Labute approximate surface area is 173 Å². The van der Waals surface area contributed by atoms with Crippen molar-refractivity contribution >= 4 is 35.9 Å². The molecule has 148 valence electrons. The third-order valence-corrected chi connectivity index (χ3v) is 5.74. The summed E-state index contributed by atoms with van der Waals surface area (Å²) in [5.74, 6) is -0.914. The van der Waals surface area contributed by atoms with Gasteiger partial charge in [-0.15, -0.1) is 0 Å². The van der Waals surface area contributed by atoms with Crippen LogP contribution >= 0.6 is 11.6 Å². The number of rotatable bonds is 2. The molecule has 0 amide bonds. The first-order valence-electron chi connectivity index (χ1n) is 9.21. The van der Waals surface area contributed by atoms with Crippen molar-refractivity contribution in [3.8, 4) is 22.8 Å². The number of phenols is 2. The van der Waals surface area contributed by atoms with Crippen LogP contribution in [0.1, 0.15) is 17.9 Å². The lowest BCUT2D eigenvalue weighted by atomic mass is 9.85. The average molecular weight is 412 g/mol. The fourth-order valence-corrected chi connectivity index (χ4v) is 4.18. The van der Waals surface area contributed by atoms with E-state index >= 15 is 0 Å². The van der Waals surface area contributed by atoms with Crippen LogP contribution in [0.5, 0.6) is 11.5 Å². The number of benzene rings is 2. The van der Waals surface area contributed by atoms with Crippen molar-refractivity contribution in [3.05, 3.63) is 51.1 Å². The summed E-state index contributed by atoms with van der Waals surface area (Å²) in [5.41, 5.74) is 0.718. The summed E-state index contributed by atoms with van der Waals surface area (Å²) in [4.78, 5) is 14.8. The van der Waals surface area contributed by atoms with Crippen LogP contribution in [-0.2, 0) is 0 Å². The highest BCUT2D eigenvalue weighted by Crippen LogP contribution is 2.42. The molecule has 2 atom stereocenters. The summed E-state index contributed by atoms with van der Waals surface area (Å²) in [5, 5.41) is 31.8. The highest BCUT2D eigenvalue weighted by molar-refractivity contribution is 6.36. The van der Waals surface area contributed by atoms with Gasteiger partial charge in [0.1, 0.15) is 36.1 Å². The fraction of sp³-hybridized carbons (Fsp3) is 0.286. The number of hydrogen-bond acceptors (Lipinski definition) is 6. The minimum Gasteiger partial charge on any atom is -0.507 e. The Balaban J connectivity index is 2.00. The van der Waals surface area contributed by atoms with Gasteiger partial charge in [-0.3, -0.25) is 4.79 Å². The first kappa shape index (κ1) is 19.8. The molecule has 2 radical (unpaired) electrons. The molecule has 0 spiro atoms. The quantitative estimate of drug-likeness (QED) is 0.559. The summed E-state index contributed by atoms with van der Waals surface area (Å²) in [6.07, 6.45) is -0.213. The molecule has 8 heteroatoms. The van der Waals surface area contributed by atoms with E-state index in [1.165, 1.54) is 6.07 Å². The fourth-order valence-electron chi connectivity index (χ4n) is 3.97. The minimum atomic E-state index is -0.766. The Bertz CT molecular complexity index is 1160. The van der Waals surface area contributed by atoms with Crippen molar-refractivity contribution in [2.24, 2.45) is 0 Å². The summed E-state index contributed by atoms with van der Waals surface area (Å²) < 4.78 is 6.00. The number of nitrogens with zero attached hydrogens (tertiary/aromatic N) is 1. The van der Waals surface area contributed by atoms with Crippen molar-refractivity contribution in [2.45, 2.75) is 18.4 Å². The molecular weight excluding hydrogens is 392 g/mol. The number of aliphatic hydroxyl groups excluding tert-OH is 1. The number of aromatic hydroxyl groups is 2. The topological polar surface area (TPSA) is 94.1 Å². The molecule has 29 heavy (non-hydrogen) atoms. The van der Waals surface area contributed by atoms with Crippen LogP contribution < -0.4 is 10.9 Å². The van der Waals surface area contributed by atoms with E-state index in [9.17, 15) is 20.1 Å². The maximum Gasteiger partial charge on any atom is 0.197 e. The van der Waals surface area contributed by atoms with Gasteiger partial charge < -0.3 is 24.6 Å². The smallest absolute Gasteiger partial charge is 0.197 e. The Kier molecular flexibility index (Phi) is 5.06. The van der Waals surface area contributed by atoms with Gasteiger partial charge in [0.15, 0.2) is 5.43 Å². The summed E-state index contributed by atoms with van der Waals surface area (Å²) in [6, 6.07) is 7.15. The number of fused-ring (bicyclic) bond motifs is 1. The van der Waals surface area contributed by atoms with Crippen molar-refractivity contribution in [1.82, 2.24) is 4.90 Å². The zero-order chi connectivity index (χ0) is 20.9. The lowest BCUT2D eigenvalue weighted by Gasteiger charge is -2.34. The number of hydrogen-bond donors (Lipinski definition) is 3. The molecule has 2 aromatic carbocycles. The number of β-amino-alcohol motifs (C(OH)–C–C–N with tert-alkyl or cyclic N) is 1. The van der Waals surface area contributed by atoms with Gasteiger partial charge in [0, 0.05) is 35.7 Å². The molecule has 1 aromatic heterocycles. The van der Waals surface area contributed by atoms with Crippen molar-refractivity contribution in [2.75, 3.05) is 20.1 Å². The number of likely N-dealkylation sites (tertiary alicyclic amines) is 1. The second-order valence-electron chi connectivity index (χ2n) is 7.47. The Hall–Kier alpha value is -2.48. The van der Waals surface area contributed by atoms with Crippen LogP contribution in [0.25, 0.3) is 22.3 Å². The number of aliphatic hydroxyl groups is 1. The van der Waals surface area contributed by atoms with E-state index < -0.39 is 17.5 Å². The van der Waals surface area contributed by atoms with Crippen LogP contribution in [0.3, 0.4) is 0 Å².